The molecule has 0 fully saturated rings. The van der Waals surface area contributed by atoms with Crippen LogP contribution in [0.3, 0.4) is 0 Å². The quantitative estimate of drug-likeness (QED) is 0.431. The highest BCUT2D eigenvalue weighted by atomic mass is 16.5. The zero-order valence-corrected chi connectivity index (χ0v) is 15.7. The zero-order valence-electron chi connectivity index (χ0n) is 15.7. The molecule has 0 radical (unpaired) electrons. The van der Waals surface area contributed by atoms with Gasteiger partial charge in [0.05, 0.1) is 11.4 Å². The van der Waals surface area contributed by atoms with Crippen LogP contribution in [0.25, 0.3) is 0 Å². The van der Waals surface area contributed by atoms with E-state index in [2.05, 4.69) is 32.9 Å². The first-order chi connectivity index (χ1) is 10.6. The molecule has 0 spiro atoms. The Labute approximate surface area is 141 Å². The summed E-state index contributed by atoms with van der Waals surface area (Å²) < 4.78 is 1.21. The molecule has 1 rings (SSSR count). The third kappa shape index (κ3) is 5.89. The van der Waals surface area contributed by atoms with Crippen molar-refractivity contribution >= 4 is 0 Å². The molecular formula is C20H33NO2. The number of pyridine rings is 1. The minimum atomic E-state index is 0.0649. The van der Waals surface area contributed by atoms with Gasteiger partial charge in [-0.15, -0.1) is 0 Å². The summed E-state index contributed by atoms with van der Waals surface area (Å²) in [7, 11) is 0. The molecule has 0 saturated heterocycles. The van der Waals surface area contributed by atoms with Crippen LogP contribution in [-0.4, -0.2) is 9.94 Å². The van der Waals surface area contributed by atoms with Gasteiger partial charge in [-0.3, -0.25) is 4.79 Å². The molecule has 0 aliphatic heterocycles. The highest BCUT2D eigenvalue weighted by Gasteiger charge is 2.13. The van der Waals surface area contributed by atoms with Crippen LogP contribution in [0, 0.1) is 26.2 Å². The van der Waals surface area contributed by atoms with Gasteiger partial charge in [-0.05, 0) is 51.9 Å². The summed E-state index contributed by atoms with van der Waals surface area (Å²) in [5.74, 6) is 0. The van der Waals surface area contributed by atoms with Crippen molar-refractivity contribution in [2.75, 3.05) is 0 Å². The zero-order chi connectivity index (χ0) is 17.6. The number of rotatable bonds is 7. The van der Waals surface area contributed by atoms with Crippen LogP contribution >= 0.6 is 0 Å². The molecule has 1 aromatic heterocycles. The lowest BCUT2D eigenvalue weighted by Gasteiger charge is -2.15. The van der Waals surface area contributed by atoms with E-state index in [1.807, 2.05) is 6.92 Å². The third-order valence-electron chi connectivity index (χ3n) is 4.38. The van der Waals surface area contributed by atoms with Gasteiger partial charge in [0.1, 0.15) is 0 Å². The molecule has 0 atom stereocenters. The summed E-state index contributed by atoms with van der Waals surface area (Å²) in [6.45, 7) is 12.0. The maximum Gasteiger partial charge on any atom is 0.188 e. The lowest BCUT2D eigenvalue weighted by atomic mass is 9.95. The molecule has 0 bridgehead atoms. The average Bonchev–Trinajstić information content (AvgIpc) is 2.47. The molecule has 0 saturated carbocycles. The number of nitrogens with zero attached hydrogens (tertiary/aromatic N) is 1. The number of unbranched alkanes of at least 4 members (excludes halogenated alkanes) is 4. The molecule has 3 nitrogen and oxygen atoms in total. The second-order valence-corrected chi connectivity index (χ2v) is 7.64. The first-order valence-electron chi connectivity index (χ1n) is 8.74. The Balaban J connectivity index is 2.43. The molecule has 0 aliphatic carbocycles. The van der Waals surface area contributed by atoms with Crippen molar-refractivity contribution in [1.29, 1.82) is 0 Å². The summed E-state index contributed by atoms with van der Waals surface area (Å²) in [4.78, 5) is 12.1. The van der Waals surface area contributed by atoms with E-state index in [-0.39, 0.29) is 10.8 Å². The van der Waals surface area contributed by atoms with Crippen LogP contribution in [0.15, 0.2) is 16.9 Å². The van der Waals surface area contributed by atoms with E-state index < -0.39 is 0 Å². The summed E-state index contributed by atoms with van der Waals surface area (Å²) in [6, 6.07) is 0. The number of allylic oxidation sites excluding steroid dienone is 2. The summed E-state index contributed by atoms with van der Waals surface area (Å²) in [5.41, 5.74) is 3.08. The van der Waals surface area contributed by atoms with Crippen molar-refractivity contribution in [1.82, 2.24) is 4.73 Å². The van der Waals surface area contributed by atoms with E-state index in [0.29, 0.717) is 16.8 Å². The fraction of sp³-hybridized carbons (Fsp3) is 0.650. The molecule has 3 heteroatoms. The van der Waals surface area contributed by atoms with Gasteiger partial charge in [0.2, 0.25) is 0 Å². The topological polar surface area (TPSA) is 42.2 Å². The maximum absolute atomic E-state index is 12.1. The number of aromatic nitrogens is 1. The molecular weight excluding hydrogens is 286 g/mol. The van der Waals surface area contributed by atoms with E-state index in [0.717, 1.165) is 31.4 Å². The van der Waals surface area contributed by atoms with Gasteiger partial charge in [-0.25, -0.2) is 0 Å². The predicted octanol–water partition coefficient (Wildman–Crippen LogP) is 5.11. The molecule has 0 aliphatic rings. The van der Waals surface area contributed by atoms with Crippen LogP contribution < -0.4 is 5.43 Å². The van der Waals surface area contributed by atoms with Crippen LogP contribution in [0.2, 0.25) is 0 Å². The number of hydrogen-bond acceptors (Lipinski definition) is 2. The van der Waals surface area contributed by atoms with Crippen LogP contribution in [0.1, 0.15) is 75.4 Å². The Kier molecular flexibility index (Phi) is 7.11. The molecule has 0 amide bonds. The van der Waals surface area contributed by atoms with Gasteiger partial charge in [0, 0.05) is 11.1 Å². The van der Waals surface area contributed by atoms with E-state index in [1.54, 1.807) is 13.8 Å². The number of hydrogen-bond donors (Lipinski definition) is 1. The van der Waals surface area contributed by atoms with Crippen molar-refractivity contribution in [3.05, 3.63) is 44.9 Å². The minimum absolute atomic E-state index is 0.0649. The van der Waals surface area contributed by atoms with E-state index in [1.165, 1.54) is 17.6 Å². The second kappa shape index (κ2) is 8.37. The Morgan fingerprint density at radius 1 is 1.00 bits per heavy atom. The van der Waals surface area contributed by atoms with E-state index in [4.69, 9.17) is 0 Å². The largest absolute Gasteiger partial charge is 0.428 e. The maximum atomic E-state index is 12.1. The van der Waals surface area contributed by atoms with Gasteiger partial charge < -0.3 is 5.21 Å². The summed E-state index contributed by atoms with van der Waals surface area (Å²) >= 11 is 0. The lowest BCUT2D eigenvalue weighted by molar-refractivity contribution is 0.165. The monoisotopic (exact) mass is 319 g/mol. The van der Waals surface area contributed by atoms with Crippen molar-refractivity contribution in [3.63, 3.8) is 0 Å². The SMILES string of the molecule is Cc1c(C)n(O)c(CCCCCCC=CC(C)(C)C)c(C)c1=O. The fourth-order valence-corrected chi connectivity index (χ4v) is 2.74. The third-order valence-corrected chi connectivity index (χ3v) is 4.38. The lowest BCUT2D eigenvalue weighted by Crippen LogP contribution is -2.21. The van der Waals surface area contributed by atoms with E-state index >= 15 is 0 Å². The molecule has 1 aromatic rings. The summed E-state index contributed by atoms with van der Waals surface area (Å²) in [6.07, 6.45) is 11.0. The Hall–Kier alpha value is -1.51. The van der Waals surface area contributed by atoms with E-state index in [9.17, 15) is 10.0 Å². The first kappa shape index (κ1) is 19.5. The van der Waals surface area contributed by atoms with Gasteiger partial charge in [0.25, 0.3) is 0 Å². The molecule has 1 heterocycles. The van der Waals surface area contributed by atoms with Gasteiger partial charge in [-0.1, -0.05) is 45.8 Å². The second-order valence-electron chi connectivity index (χ2n) is 7.64. The molecule has 1 N–H and O–H groups in total. The highest BCUT2D eigenvalue weighted by molar-refractivity contribution is 5.29. The predicted molar refractivity (Wildman–Crippen MR) is 97.5 cm³/mol. The van der Waals surface area contributed by atoms with Crippen molar-refractivity contribution in [2.24, 2.45) is 5.41 Å². The summed E-state index contributed by atoms with van der Waals surface area (Å²) in [5, 5.41) is 10.2. The molecule has 0 unspecified atom stereocenters. The standard InChI is InChI=1S/C20H33NO2/c1-15-17(3)21(23)18(16(2)19(15)22)13-11-9-7-8-10-12-14-20(4,5)6/h12,14,23H,7-11,13H2,1-6H3. The smallest absolute Gasteiger partial charge is 0.188 e. The van der Waals surface area contributed by atoms with Gasteiger partial charge in [0.15, 0.2) is 5.43 Å². The van der Waals surface area contributed by atoms with Crippen LogP contribution in [0.4, 0.5) is 0 Å². The van der Waals surface area contributed by atoms with Crippen molar-refractivity contribution < 1.29 is 5.21 Å². The molecule has 23 heavy (non-hydrogen) atoms. The van der Waals surface area contributed by atoms with Crippen LogP contribution in [-0.2, 0) is 6.42 Å². The Bertz CT molecular complexity index is 604. The van der Waals surface area contributed by atoms with Gasteiger partial charge in [-0.2, -0.15) is 4.73 Å². The van der Waals surface area contributed by atoms with Crippen LogP contribution in [0.5, 0.6) is 0 Å². The minimum Gasteiger partial charge on any atom is -0.428 e. The normalized spacial score (nSPS) is 12.3. The van der Waals surface area contributed by atoms with Gasteiger partial charge >= 0.3 is 0 Å². The fourth-order valence-electron chi connectivity index (χ4n) is 2.74. The molecule has 130 valence electrons. The first-order valence-corrected chi connectivity index (χ1v) is 8.74. The van der Waals surface area contributed by atoms with Crippen molar-refractivity contribution in [2.45, 2.75) is 80.1 Å². The van der Waals surface area contributed by atoms with Crippen molar-refractivity contribution in [3.8, 4) is 0 Å². The average molecular weight is 319 g/mol. The molecule has 0 aromatic carbocycles. The Morgan fingerprint density at radius 3 is 2.22 bits per heavy atom. The Morgan fingerprint density at radius 2 is 1.61 bits per heavy atom. The highest BCUT2D eigenvalue weighted by Crippen LogP contribution is 2.16.